The van der Waals surface area contributed by atoms with Crippen LogP contribution in [0.2, 0.25) is 0 Å². The van der Waals surface area contributed by atoms with E-state index >= 15 is 0 Å². The monoisotopic (exact) mass is 420 g/mol. The van der Waals surface area contributed by atoms with Crippen LogP contribution in [0.3, 0.4) is 0 Å². The lowest BCUT2D eigenvalue weighted by molar-refractivity contribution is -0.159. The van der Waals surface area contributed by atoms with Crippen molar-refractivity contribution in [1.82, 2.24) is 9.80 Å². The Morgan fingerprint density at radius 3 is 1.90 bits per heavy atom. The predicted molar refractivity (Wildman–Crippen MR) is 117 cm³/mol. The minimum atomic E-state index is -1.82. The van der Waals surface area contributed by atoms with Gasteiger partial charge in [-0.2, -0.15) is 0 Å². The summed E-state index contributed by atoms with van der Waals surface area (Å²) in [5, 5.41) is 17.4. The number of rotatable bonds is 3. The number of fused-ring (bicyclic) bond motifs is 1. The van der Waals surface area contributed by atoms with Gasteiger partial charge in [0, 0.05) is 38.3 Å². The fourth-order valence-corrected chi connectivity index (χ4v) is 3.47. The highest BCUT2D eigenvalue weighted by atomic mass is 16.4. The maximum atomic E-state index is 12.5. The Bertz CT molecular complexity index is 1050. The first-order chi connectivity index (χ1) is 14.9. The molecule has 0 aliphatic carbocycles. The molecule has 1 heterocycles. The van der Waals surface area contributed by atoms with E-state index in [-0.39, 0.29) is 5.91 Å². The average molecular weight is 420 g/mol. The number of piperazine rings is 1. The van der Waals surface area contributed by atoms with E-state index in [9.17, 15) is 4.79 Å². The third-order valence-corrected chi connectivity index (χ3v) is 5.08. The van der Waals surface area contributed by atoms with E-state index < -0.39 is 11.9 Å². The molecule has 0 aromatic heterocycles. The number of nitrogens with zero attached hydrogens (tertiary/aromatic N) is 2. The van der Waals surface area contributed by atoms with Gasteiger partial charge in [0.15, 0.2) is 0 Å². The standard InChI is InChI=1S/C22H22N2O.C2H2O4/c25-22(20-7-2-1-3-8-20)24-14-12-23(13-15-24)17-18-10-11-19-6-4-5-9-21(19)16-18;3-1(4)2(5)6/h1-11,16H,12-15,17H2;(H,3,4)(H,5,6). The van der Waals surface area contributed by atoms with Gasteiger partial charge in [-0.3, -0.25) is 9.69 Å². The molecule has 7 nitrogen and oxygen atoms in total. The molecule has 0 bridgehead atoms. The van der Waals surface area contributed by atoms with Crippen LogP contribution in [-0.4, -0.2) is 64.0 Å². The molecule has 1 saturated heterocycles. The van der Waals surface area contributed by atoms with Gasteiger partial charge in [-0.1, -0.05) is 54.6 Å². The second-order valence-corrected chi connectivity index (χ2v) is 7.23. The van der Waals surface area contributed by atoms with Crippen LogP contribution < -0.4 is 0 Å². The van der Waals surface area contributed by atoms with Gasteiger partial charge < -0.3 is 15.1 Å². The lowest BCUT2D eigenvalue weighted by Gasteiger charge is -2.34. The summed E-state index contributed by atoms with van der Waals surface area (Å²) in [7, 11) is 0. The van der Waals surface area contributed by atoms with Crippen LogP contribution >= 0.6 is 0 Å². The molecular weight excluding hydrogens is 396 g/mol. The summed E-state index contributed by atoms with van der Waals surface area (Å²) in [5.74, 6) is -3.50. The largest absolute Gasteiger partial charge is 0.473 e. The summed E-state index contributed by atoms with van der Waals surface area (Å²) in [5.41, 5.74) is 2.12. The number of carbonyl (C=O) groups is 3. The molecule has 160 valence electrons. The van der Waals surface area contributed by atoms with Gasteiger partial charge in [-0.25, -0.2) is 9.59 Å². The van der Waals surface area contributed by atoms with Crippen LogP contribution in [0, 0.1) is 0 Å². The summed E-state index contributed by atoms with van der Waals surface area (Å²) < 4.78 is 0. The second kappa shape index (κ2) is 10.4. The number of hydrogen-bond acceptors (Lipinski definition) is 4. The zero-order chi connectivity index (χ0) is 22.2. The average Bonchev–Trinajstić information content (AvgIpc) is 2.80. The van der Waals surface area contributed by atoms with Crippen molar-refractivity contribution in [3.8, 4) is 0 Å². The Labute approximate surface area is 180 Å². The first-order valence-electron chi connectivity index (χ1n) is 9.94. The molecule has 1 aliphatic heterocycles. The number of hydrogen-bond donors (Lipinski definition) is 2. The van der Waals surface area contributed by atoms with Crippen LogP contribution in [-0.2, 0) is 16.1 Å². The van der Waals surface area contributed by atoms with Crippen molar-refractivity contribution in [2.45, 2.75) is 6.54 Å². The van der Waals surface area contributed by atoms with Gasteiger partial charge in [0.05, 0.1) is 0 Å². The van der Waals surface area contributed by atoms with E-state index in [1.807, 2.05) is 35.2 Å². The van der Waals surface area contributed by atoms with E-state index in [1.54, 1.807) is 0 Å². The molecule has 0 atom stereocenters. The third kappa shape index (κ3) is 6.13. The molecule has 31 heavy (non-hydrogen) atoms. The summed E-state index contributed by atoms with van der Waals surface area (Å²) in [6.07, 6.45) is 0. The van der Waals surface area contributed by atoms with Crippen LogP contribution in [0.1, 0.15) is 15.9 Å². The van der Waals surface area contributed by atoms with Gasteiger partial charge in [-0.15, -0.1) is 0 Å². The highest BCUT2D eigenvalue weighted by Crippen LogP contribution is 2.18. The van der Waals surface area contributed by atoms with Gasteiger partial charge in [0.2, 0.25) is 0 Å². The quantitative estimate of drug-likeness (QED) is 0.632. The van der Waals surface area contributed by atoms with Crippen LogP contribution in [0.5, 0.6) is 0 Å². The summed E-state index contributed by atoms with van der Waals surface area (Å²) in [6.45, 7) is 4.37. The number of aliphatic carboxylic acids is 2. The number of carbonyl (C=O) groups excluding carboxylic acids is 1. The van der Waals surface area contributed by atoms with Crippen molar-refractivity contribution in [1.29, 1.82) is 0 Å². The lowest BCUT2D eigenvalue weighted by atomic mass is 10.1. The Morgan fingerprint density at radius 2 is 1.29 bits per heavy atom. The van der Waals surface area contributed by atoms with Crippen molar-refractivity contribution in [3.63, 3.8) is 0 Å². The highest BCUT2D eigenvalue weighted by molar-refractivity contribution is 6.27. The number of carboxylic acid groups (broad SMARTS) is 2. The van der Waals surface area contributed by atoms with Crippen molar-refractivity contribution >= 4 is 28.6 Å². The third-order valence-electron chi connectivity index (χ3n) is 5.08. The fourth-order valence-electron chi connectivity index (χ4n) is 3.47. The molecule has 2 N–H and O–H groups in total. The summed E-state index contributed by atoms with van der Waals surface area (Å²) in [4.78, 5) is 35.1. The molecule has 7 heteroatoms. The number of carboxylic acids is 2. The molecule has 0 saturated carbocycles. The molecule has 1 amide bonds. The Kier molecular flexibility index (Phi) is 7.35. The topological polar surface area (TPSA) is 98.1 Å². The van der Waals surface area contributed by atoms with Crippen LogP contribution in [0.25, 0.3) is 10.8 Å². The zero-order valence-corrected chi connectivity index (χ0v) is 17.0. The van der Waals surface area contributed by atoms with E-state index in [4.69, 9.17) is 19.8 Å². The highest BCUT2D eigenvalue weighted by Gasteiger charge is 2.21. The van der Waals surface area contributed by atoms with E-state index in [0.29, 0.717) is 0 Å². The summed E-state index contributed by atoms with van der Waals surface area (Å²) >= 11 is 0. The number of benzene rings is 3. The van der Waals surface area contributed by atoms with Crippen LogP contribution in [0.4, 0.5) is 0 Å². The fraction of sp³-hybridized carbons (Fsp3) is 0.208. The minimum absolute atomic E-state index is 0.144. The van der Waals surface area contributed by atoms with Crippen molar-refractivity contribution in [3.05, 3.63) is 83.9 Å². The molecular formula is C24H24N2O5. The Balaban J connectivity index is 0.000000401. The van der Waals surface area contributed by atoms with Crippen molar-refractivity contribution < 1.29 is 24.6 Å². The molecule has 0 spiro atoms. The molecule has 1 aliphatic rings. The maximum absolute atomic E-state index is 12.5. The van der Waals surface area contributed by atoms with E-state index in [1.165, 1.54) is 16.3 Å². The van der Waals surface area contributed by atoms with Gasteiger partial charge >= 0.3 is 11.9 Å². The van der Waals surface area contributed by atoms with Crippen molar-refractivity contribution in [2.75, 3.05) is 26.2 Å². The molecule has 3 aromatic rings. The van der Waals surface area contributed by atoms with E-state index in [0.717, 1.165) is 38.3 Å². The number of amides is 1. The predicted octanol–water partition coefficient (Wildman–Crippen LogP) is 2.95. The molecule has 0 unspecified atom stereocenters. The first-order valence-corrected chi connectivity index (χ1v) is 9.94. The van der Waals surface area contributed by atoms with Gasteiger partial charge in [-0.05, 0) is 34.5 Å². The molecule has 0 radical (unpaired) electrons. The Hall–Kier alpha value is -3.71. The smallest absolute Gasteiger partial charge is 0.414 e. The summed E-state index contributed by atoms with van der Waals surface area (Å²) in [6, 6.07) is 24.7. The SMILES string of the molecule is O=C(O)C(=O)O.O=C(c1ccccc1)N1CCN(Cc2ccc3ccccc3c2)CC1. The van der Waals surface area contributed by atoms with Crippen molar-refractivity contribution in [2.24, 2.45) is 0 Å². The Morgan fingerprint density at radius 1 is 0.710 bits per heavy atom. The minimum Gasteiger partial charge on any atom is -0.473 e. The second-order valence-electron chi connectivity index (χ2n) is 7.23. The van der Waals surface area contributed by atoms with Crippen LogP contribution in [0.15, 0.2) is 72.8 Å². The maximum Gasteiger partial charge on any atom is 0.414 e. The molecule has 4 rings (SSSR count). The first kappa shape index (κ1) is 22.0. The molecule has 3 aromatic carbocycles. The molecule has 1 fully saturated rings. The zero-order valence-electron chi connectivity index (χ0n) is 17.0. The van der Waals surface area contributed by atoms with Gasteiger partial charge in [0.25, 0.3) is 5.91 Å². The lowest BCUT2D eigenvalue weighted by Crippen LogP contribution is -2.48. The van der Waals surface area contributed by atoms with E-state index in [2.05, 4.69) is 47.4 Å². The normalized spacial score (nSPS) is 13.9. The van der Waals surface area contributed by atoms with Gasteiger partial charge in [0.1, 0.15) is 0 Å².